The third kappa shape index (κ3) is 4.52. The molecule has 4 nitrogen and oxygen atoms in total. The van der Waals surface area contributed by atoms with Crippen LogP contribution in [0, 0.1) is 0 Å². The molecule has 0 aliphatic rings. The summed E-state index contributed by atoms with van der Waals surface area (Å²) >= 11 is 6.05. The van der Waals surface area contributed by atoms with Crippen LogP contribution < -0.4 is 9.47 Å². The maximum atomic E-state index is 12.7. The van der Waals surface area contributed by atoms with Crippen LogP contribution in [0.4, 0.5) is 0 Å². The van der Waals surface area contributed by atoms with E-state index in [9.17, 15) is 4.79 Å². The predicted octanol–water partition coefficient (Wildman–Crippen LogP) is 4.71. The van der Waals surface area contributed by atoms with Gasteiger partial charge in [0.05, 0.1) is 20.6 Å². The number of rotatable bonds is 6. The summed E-state index contributed by atoms with van der Waals surface area (Å²) in [5.74, 6) is 1.50. The van der Waals surface area contributed by atoms with Crippen LogP contribution in [0.15, 0.2) is 54.6 Å². The Bertz CT molecular complexity index is 971. The zero-order valence-electron chi connectivity index (χ0n) is 15.7. The molecule has 3 aromatic rings. The molecule has 0 radical (unpaired) electrons. The molecule has 3 rings (SSSR count). The first-order valence-corrected chi connectivity index (χ1v) is 9.01. The summed E-state index contributed by atoms with van der Waals surface area (Å²) < 4.78 is 10.6. The molecule has 0 saturated heterocycles. The molecule has 0 spiro atoms. The molecule has 140 valence electrons. The molecule has 0 unspecified atom stereocenters. The summed E-state index contributed by atoms with van der Waals surface area (Å²) in [4.78, 5) is 14.4. The van der Waals surface area contributed by atoms with Gasteiger partial charge in [-0.2, -0.15) is 0 Å². The summed E-state index contributed by atoms with van der Waals surface area (Å²) in [6, 6.07) is 17.4. The molecule has 0 fully saturated rings. The van der Waals surface area contributed by atoms with Crippen LogP contribution in [0.25, 0.3) is 10.8 Å². The third-order valence-corrected chi connectivity index (χ3v) is 4.78. The van der Waals surface area contributed by atoms with E-state index >= 15 is 0 Å². The van der Waals surface area contributed by atoms with E-state index in [4.69, 9.17) is 21.1 Å². The zero-order valence-corrected chi connectivity index (χ0v) is 16.4. The van der Waals surface area contributed by atoms with Gasteiger partial charge in [0.15, 0.2) is 0 Å². The maximum absolute atomic E-state index is 12.7. The first-order valence-electron chi connectivity index (χ1n) is 8.63. The van der Waals surface area contributed by atoms with Crippen molar-refractivity contribution in [2.75, 3.05) is 21.3 Å². The molecule has 0 aliphatic carbocycles. The molecule has 27 heavy (non-hydrogen) atoms. The van der Waals surface area contributed by atoms with E-state index in [-0.39, 0.29) is 12.3 Å². The van der Waals surface area contributed by atoms with Crippen LogP contribution in [-0.2, 0) is 17.8 Å². The molecule has 0 heterocycles. The van der Waals surface area contributed by atoms with Gasteiger partial charge in [0.2, 0.25) is 5.91 Å². The van der Waals surface area contributed by atoms with Gasteiger partial charge in [0.25, 0.3) is 0 Å². The van der Waals surface area contributed by atoms with E-state index in [0.29, 0.717) is 17.3 Å². The Balaban J connectivity index is 1.73. The number of halogens is 1. The molecule has 1 amide bonds. The predicted molar refractivity (Wildman–Crippen MR) is 109 cm³/mol. The number of fused-ring (bicyclic) bond motifs is 1. The quantitative estimate of drug-likeness (QED) is 0.618. The van der Waals surface area contributed by atoms with Gasteiger partial charge in [-0.25, -0.2) is 0 Å². The molecule has 5 heteroatoms. The lowest BCUT2D eigenvalue weighted by atomic mass is 10.1. The van der Waals surface area contributed by atoms with Crippen molar-refractivity contribution in [1.82, 2.24) is 4.90 Å². The van der Waals surface area contributed by atoms with Crippen molar-refractivity contribution in [2.45, 2.75) is 13.0 Å². The van der Waals surface area contributed by atoms with Gasteiger partial charge in [0, 0.05) is 24.2 Å². The third-order valence-electron chi connectivity index (χ3n) is 4.54. The second-order valence-corrected chi connectivity index (χ2v) is 6.87. The van der Waals surface area contributed by atoms with Crippen molar-refractivity contribution in [3.63, 3.8) is 0 Å². The van der Waals surface area contributed by atoms with Gasteiger partial charge >= 0.3 is 0 Å². The largest absolute Gasteiger partial charge is 0.497 e. The lowest BCUT2D eigenvalue weighted by Gasteiger charge is -2.19. The average molecular weight is 384 g/mol. The average Bonchev–Trinajstić information content (AvgIpc) is 2.67. The van der Waals surface area contributed by atoms with E-state index in [0.717, 1.165) is 27.6 Å². The second kappa shape index (κ2) is 8.31. The Labute approximate surface area is 164 Å². The number of amides is 1. The van der Waals surface area contributed by atoms with Crippen LogP contribution in [-0.4, -0.2) is 32.1 Å². The number of methoxy groups -OCH3 is 2. The number of ether oxygens (including phenoxy) is 2. The number of benzene rings is 3. The molecule has 0 atom stereocenters. The van der Waals surface area contributed by atoms with Crippen molar-refractivity contribution < 1.29 is 14.3 Å². The Morgan fingerprint density at radius 2 is 1.70 bits per heavy atom. The Morgan fingerprint density at radius 3 is 2.44 bits per heavy atom. The Morgan fingerprint density at radius 1 is 0.963 bits per heavy atom. The van der Waals surface area contributed by atoms with Gasteiger partial charge in [-0.3, -0.25) is 4.79 Å². The first-order chi connectivity index (χ1) is 13.0. The molecular formula is C22H22ClNO3. The van der Waals surface area contributed by atoms with E-state index in [1.165, 1.54) is 0 Å². The number of likely N-dealkylation sites (N-methyl/N-ethyl adjacent to an activating group) is 1. The van der Waals surface area contributed by atoms with Crippen LogP contribution in [0.3, 0.4) is 0 Å². The summed E-state index contributed by atoms with van der Waals surface area (Å²) in [6.07, 6.45) is 0.241. The highest BCUT2D eigenvalue weighted by Crippen LogP contribution is 2.25. The Kier molecular flexibility index (Phi) is 5.87. The van der Waals surface area contributed by atoms with Crippen LogP contribution in [0.5, 0.6) is 11.5 Å². The van der Waals surface area contributed by atoms with Gasteiger partial charge in [-0.1, -0.05) is 29.8 Å². The molecule has 0 N–H and O–H groups in total. The summed E-state index contributed by atoms with van der Waals surface area (Å²) in [5.41, 5.74) is 1.86. The van der Waals surface area contributed by atoms with Gasteiger partial charge in [-0.15, -0.1) is 0 Å². The van der Waals surface area contributed by atoms with E-state index in [1.807, 2.05) is 30.3 Å². The van der Waals surface area contributed by atoms with Gasteiger partial charge in [-0.05, 0) is 52.7 Å². The fraction of sp³-hybridized carbons (Fsp3) is 0.227. The minimum atomic E-state index is 0.00499. The highest BCUT2D eigenvalue weighted by Gasteiger charge is 2.14. The highest BCUT2D eigenvalue weighted by atomic mass is 35.5. The monoisotopic (exact) mass is 383 g/mol. The number of hydrogen-bond donors (Lipinski definition) is 0. The SMILES string of the molecule is COc1ccc2cc(CN(C)C(=O)Cc3cc(Cl)ccc3OC)ccc2c1. The molecule has 0 saturated carbocycles. The van der Waals surface area contributed by atoms with E-state index < -0.39 is 0 Å². The van der Waals surface area contributed by atoms with Gasteiger partial charge < -0.3 is 14.4 Å². The number of nitrogens with zero attached hydrogens (tertiary/aromatic N) is 1. The number of carbonyl (C=O) groups excluding carboxylic acids is 1. The number of carbonyl (C=O) groups is 1. The first kappa shape index (κ1) is 19.1. The highest BCUT2D eigenvalue weighted by molar-refractivity contribution is 6.30. The van der Waals surface area contributed by atoms with Gasteiger partial charge in [0.1, 0.15) is 11.5 Å². The molecule has 0 aliphatic heterocycles. The van der Waals surface area contributed by atoms with Crippen molar-refractivity contribution in [1.29, 1.82) is 0 Å². The van der Waals surface area contributed by atoms with Crippen molar-refractivity contribution in [3.8, 4) is 11.5 Å². The minimum Gasteiger partial charge on any atom is -0.497 e. The summed E-state index contributed by atoms with van der Waals surface area (Å²) in [6.45, 7) is 0.531. The molecule has 0 aromatic heterocycles. The standard InChI is InChI=1S/C22H22ClNO3/c1-24(22(25)13-18-11-19(23)7-9-21(18)27-3)14-15-4-5-17-12-20(26-2)8-6-16(17)10-15/h4-12H,13-14H2,1-3H3. The second-order valence-electron chi connectivity index (χ2n) is 6.43. The molecular weight excluding hydrogens is 362 g/mol. The lowest BCUT2D eigenvalue weighted by Crippen LogP contribution is -2.27. The normalized spacial score (nSPS) is 10.7. The molecule has 3 aromatic carbocycles. The van der Waals surface area contributed by atoms with Crippen LogP contribution in [0.2, 0.25) is 5.02 Å². The maximum Gasteiger partial charge on any atom is 0.227 e. The summed E-state index contributed by atoms with van der Waals surface area (Å²) in [5, 5.41) is 2.81. The fourth-order valence-corrected chi connectivity index (χ4v) is 3.24. The smallest absolute Gasteiger partial charge is 0.227 e. The number of hydrogen-bond acceptors (Lipinski definition) is 3. The van der Waals surface area contributed by atoms with Crippen LogP contribution in [0.1, 0.15) is 11.1 Å². The summed E-state index contributed by atoms with van der Waals surface area (Å²) in [7, 11) is 5.05. The van der Waals surface area contributed by atoms with Crippen molar-refractivity contribution >= 4 is 28.3 Å². The van der Waals surface area contributed by atoms with Crippen LogP contribution >= 0.6 is 11.6 Å². The lowest BCUT2D eigenvalue weighted by molar-refractivity contribution is -0.129. The van der Waals surface area contributed by atoms with Crippen molar-refractivity contribution in [2.24, 2.45) is 0 Å². The Hall–Kier alpha value is -2.72. The topological polar surface area (TPSA) is 38.8 Å². The minimum absolute atomic E-state index is 0.00499. The van der Waals surface area contributed by atoms with Crippen molar-refractivity contribution in [3.05, 3.63) is 70.7 Å². The van der Waals surface area contributed by atoms with E-state index in [1.54, 1.807) is 44.4 Å². The van der Waals surface area contributed by atoms with E-state index in [2.05, 4.69) is 6.07 Å². The fourth-order valence-electron chi connectivity index (χ4n) is 3.04. The zero-order chi connectivity index (χ0) is 19.4. The molecule has 0 bridgehead atoms.